The predicted molar refractivity (Wildman–Crippen MR) is 104 cm³/mol. The molecule has 0 fully saturated rings. The Balaban J connectivity index is 2.04. The van der Waals surface area contributed by atoms with Gasteiger partial charge in [0.1, 0.15) is 11.9 Å². The Bertz CT molecular complexity index is 654. The molecule has 1 N–H and O–H groups in total. The molecular formula is C22H31NO. The standard InChI is InChI=1S/C22H31NO/c1-7-16(3)20-10-8-9-11-21(20)24-19(6)14-23-22-17(4)12-15(2)13-18(22)5/h8-13,16,19,23H,7,14H2,1-6H3/t16-,19+/m1/s1. The molecule has 0 amide bonds. The summed E-state index contributed by atoms with van der Waals surface area (Å²) in [5.74, 6) is 1.53. The average molecular weight is 325 g/mol. The number of rotatable bonds is 7. The van der Waals surface area contributed by atoms with Gasteiger partial charge in [-0.25, -0.2) is 0 Å². The summed E-state index contributed by atoms with van der Waals surface area (Å²) in [6.07, 6.45) is 1.23. The molecule has 0 bridgehead atoms. The van der Waals surface area contributed by atoms with Crippen LogP contribution < -0.4 is 10.1 Å². The van der Waals surface area contributed by atoms with E-state index in [9.17, 15) is 0 Å². The van der Waals surface area contributed by atoms with Gasteiger partial charge in [-0.3, -0.25) is 0 Å². The highest BCUT2D eigenvalue weighted by Gasteiger charge is 2.13. The van der Waals surface area contributed by atoms with Crippen molar-refractivity contribution in [2.75, 3.05) is 11.9 Å². The van der Waals surface area contributed by atoms with Crippen LogP contribution in [0.5, 0.6) is 5.75 Å². The smallest absolute Gasteiger partial charge is 0.123 e. The van der Waals surface area contributed by atoms with E-state index in [2.05, 4.69) is 83.3 Å². The van der Waals surface area contributed by atoms with Crippen LogP contribution in [0.25, 0.3) is 0 Å². The number of anilines is 1. The normalized spacial score (nSPS) is 13.4. The van der Waals surface area contributed by atoms with Crippen LogP contribution in [-0.2, 0) is 0 Å². The minimum atomic E-state index is 0.107. The summed E-state index contributed by atoms with van der Waals surface area (Å²) >= 11 is 0. The van der Waals surface area contributed by atoms with E-state index in [0.29, 0.717) is 5.92 Å². The van der Waals surface area contributed by atoms with E-state index in [1.54, 1.807) is 0 Å². The third kappa shape index (κ3) is 4.53. The monoisotopic (exact) mass is 325 g/mol. The Morgan fingerprint density at radius 1 is 1.00 bits per heavy atom. The van der Waals surface area contributed by atoms with E-state index in [1.807, 2.05) is 0 Å². The first-order valence-electron chi connectivity index (χ1n) is 8.99. The van der Waals surface area contributed by atoms with Gasteiger partial charge >= 0.3 is 0 Å². The maximum absolute atomic E-state index is 6.23. The lowest BCUT2D eigenvalue weighted by molar-refractivity contribution is 0.231. The van der Waals surface area contributed by atoms with E-state index in [-0.39, 0.29) is 6.10 Å². The van der Waals surface area contributed by atoms with Crippen molar-refractivity contribution in [3.63, 3.8) is 0 Å². The van der Waals surface area contributed by atoms with Gasteiger partial charge in [-0.1, -0.05) is 49.7 Å². The molecule has 0 radical (unpaired) electrons. The highest BCUT2D eigenvalue weighted by Crippen LogP contribution is 2.29. The molecule has 0 spiro atoms. The van der Waals surface area contributed by atoms with Gasteiger partial charge in [-0.15, -0.1) is 0 Å². The molecule has 0 aliphatic carbocycles. The van der Waals surface area contributed by atoms with Crippen molar-refractivity contribution in [3.8, 4) is 5.75 Å². The first-order chi connectivity index (χ1) is 11.4. The molecule has 0 unspecified atom stereocenters. The highest BCUT2D eigenvalue weighted by atomic mass is 16.5. The number of para-hydroxylation sites is 1. The molecule has 2 heteroatoms. The molecule has 0 saturated heterocycles. The van der Waals surface area contributed by atoms with Gasteiger partial charge in [-0.2, -0.15) is 0 Å². The fraction of sp³-hybridized carbons (Fsp3) is 0.455. The van der Waals surface area contributed by atoms with Crippen LogP contribution in [0, 0.1) is 20.8 Å². The van der Waals surface area contributed by atoms with Crippen LogP contribution >= 0.6 is 0 Å². The number of hydrogen-bond acceptors (Lipinski definition) is 2. The molecule has 24 heavy (non-hydrogen) atoms. The predicted octanol–water partition coefficient (Wildman–Crippen LogP) is 6.00. The van der Waals surface area contributed by atoms with Crippen LogP contribution in [0.4, 0.5) is 5.69 Å². The van der Waals surface area contributed by atoms with Crippen LogP contribution in [0.1, 0.15) is 55.4 Å². The second kappa shape index (κ2) is 8.23. The van der Waals surface area contributed by atoms with Crippen molar-refractivity contribution in [2.45, 2.75) is 60.0 Å². The van der Waals surface area contributed by atoms with Gasteiger partial charge in [0.2, 0.25) is 0 Å². The molecule has 0 saturated carbocycles. The molecule has 2 rings (SSSR count). The Morgan fingerprint density at radius 3 is 2.25 bits per heavy atom. The summed E-state index contributed by atoms with van der Waals surface area (Å²) < 4.78 is 6.23. The molecule has 130 valence electrons. The number of benzene rings is 2. The first kappa shape index (κ1) is 18.4. The fourth-order valence-electron chi connectivity index (χ4n) is 3.18. The van der Waals surface area contributed by atoms with Crippen molar-refractivity contribution in [1.29, 1.82) is 0 Å². The lowest BCUT2D eigenvalue weighted by atomic mass is 9.98. The highest BCUT2D eigenvalue weighted by molar-refractivity contribution is 5.58. The summed E-state index contributed by atoms with van der Waals surface area (Å²) in [5.41, 5.74) is 6.42. The fourth-order valence-corrected chi connectivity index (χ4v) is 3.18. The van der Waals surface area contributed by atoms with Gasteiger partial charge in [0.05, 0.1) is 6.54 Å². The van der Waals surface area contributed by atoms with Crippen LogP contribution in [-0.4, -0.2) is 12.6 Å². The van der Waals surface area contributed by atoms with Gasteiger partial charge in [0, 0.05) is 5.69 Å². The van der Waals surface area contributed by atoms with Crippen molar-refractivity contribution >= 4 is 5.69 Å². The maximum Gasteiger partial charge on any atom is 0.123 e. The SMILES string of the molecule is CC[C@@H](C)c1ccccc1O[C@@H](C)CNc1c(C)cc(C)cc1C. The van der Waals surface area contributed by atoms with Gasteiger partial charge in [-0.05, 0) is 62.8 Å². The average Bonchev–Trinajstić information content (AvgIpc) is 2.53. The molecule has 0 aliphatic rings. The van der Waals surface area contributed by atoms with E-state index < -0.39 is 0 Å². The van der Waals surface area contributed by atoms with E-state index >= 15 is 0 Å². The zero-order valence-electron chi connectivity index (χ0n) is 15.9. The zero-order chi connectivity index (χ0) is 17.7. The zero-order valence-corrected chi connectivity index (χ0v) is 15.9. The lowest BCUT2D eigenvalue weighted by Gasteiger charge is -2.22. The quantitative estimate of drug-likeness (QED) is 0.673. The second-order valence-electron chi connectivity index (χ2n) is 6.93. The van der Waals surface area contributed by atoms with E-state index in [1.165, 1.54) is 27.9 Å². The Labute approximate surface area is 147 Å². The molecule has 2 aromatic carbocycles. The summed E-state index contributed by atoms with van der Waals surface area (Å²) in [5, 5.41) is 3.57. The number of hydrogen-bond donors (Lipinski definition) is 1. The third-order valence-electron chi connectivity index (χ3n) is 4.63. The van der Waals surface area contributed by atoms with Crippen molar-refractivity contribution in [2.24, 2.45) is 0 Å². The third-order valence-corrected chi connectivity index (χ3v) is 4.63. The molecule has 2 aromatic rings. The Hall–Kier alpha value is -1.96. The van der Waals surface area contributed by atoms with Crippen molar-refractivity contribution in [3.05, 3.63) is 58.7 Å². The van der Waals surface area contributed by atoms with Gasteiger partial charge in [0.25, 0.3) is 0 Å². The largest absolute Gasteiger partial charge is 0.489 e. The van der Waals surface area contributed by atoms with Crippen molar-refractivity contribution in [1.82, 2.24) is 0 Å². The summed E-state index contributed by atoms with van der Waals surface area (Å²) in [4.78, 5) is 0. The van der Waals surface area contributed by atoms with Crippen molar-refractivity contribution < 1.29 is 4.74 Å². The summed E-state index contributed by atoms with van der Waals surface area (Å²) in [6, 6.07) is 12.8. The molecule has 2 atom stereocenters. The summed E-state index contributed by atoms with van der Waals surface area (Å²) in [7, 11) is 0. The lowest BCUT2D eigenvalue weighted by Crippen LogP contribution is -2.24. The number of aryl methyl sites for hydroxylation is 3. The summed E-state index contributed by atoms with van der Waals surface area (Å²) in [6.45, 7) is 13.8. The first-order valence-corrected chi connectivity index (χ1v) is 8.99. The molecule has 2 nitrogen and oxygen atoms in total. The van der Waals surface area contributed by atoms with Crippen LogP contribution in [0.3, 0.4) is 0 Å². The molecule has 0 heterocycles. The minimum Gasteiger partial charge on any atom is -0.489 e. The molecule has 0 aliphatic heterocycles. The maximum atomic E-state index is 6.23. The topological polar surface area (TPSA) is 21.3 Å². The Kier molecular flexibility index (Phi) is 6.30. The van der Waals surface area contributed by atoms with E-state index in [4.69, 9.17) is 4.74 Å². The van der Waals surface area contributed by atoms with E-state index in [0.717, 1.165) is 18.7 Å². The Morgan fingerprint density at radius 2 is 1.62 bits per heavy atom. The number of ether oxygens (including phenoxy) is 1. The van der Waals surface area contributed by atoms with Gasteiger partial charge in [0.15, 0.2) is 0 Å². The van der Waals surface area contributed by atoms with Crippen LogP contribution in [0.15, 0.2) is 36.4 Å². The molecule has 0 aromatic heterocycles. The minimum absolute atomic E-state index is 0.107. The molecular weight excluding hydrogens is 294 g/mol. The number of nitrogens with one attached hydrogen (secondary N) is 1. The van der Waals surface area contributed by atoms with Crippen LogP contribution in [0.2, 0.25) is 0 Å². The van der Waals surface area contributed by atoms with Gasteiger partial charge < -0.3 is 10.1 Å². The second-order valence-corrected chi connectivity index (χ2v) is 6.93.